The molecule has 5 heterocycles. The zero-order chi connectivity index (χ0) is 55.4. The number of anilines is 4. The first-order valence-electron chi connectivity index (χ1n) is 27.2. The van der Waals surface area contributed by atoms with Crippen LogP contribution in [0.2, 0.25) is 21.3 Å². The van der Waals surface area contributed by atoms with Gasteiger partial charge in [0, 0.05) is 72.3 Å². The summed E-state index contributed by atoms with van der Waals surface area (Å²) in [6.45, 7) is 41.1. The van der Waals surface area contributed by atoms with Crippen molar-refractivity contribution in [2.75, 3.05) is 9.80 Å². The fourth-order valence-corrected chi connectivity index (χ4v) is 9.96. The summed E-state index contributed by atoms with van der Waals surface area (Å²) in [5, 5.41) is 0.645. The van der Waals surface area contributed by atoms with Gasteiger partial charge in [0.15, 0.2) is 0 Å². The monoisotopic (exact) mass is 1220 g/mol. The Morgan fingerprint density at radius 2 is 0.987 bits per heavy atom. The molecule has 0 radical (unpaired) electrons. The second-order valence-electron chi connectivity index (χ2n) is 27.5. The van der Waals surface area contributed by atoms with Crippen molar-refractivity contribution in [2.45, 2.75) is 157 Å². The van der Waals surface area contributed by atoms with Gasteiger partial charge in [0.25, 0.3) is 0 Å². The number of hydrogen-bond acceptors (Lipinski definition) is 10. The van der Waals surface area contributed by atoms with Crippen molar-refractivity contribution in [3.05, 3.63) is 139 Å². The molecular weight excluding hydrogens is 1150 g/mol. The van der Waals surface area contributed by atoms with Crippen LogP contribution in [0.5, 0.6) is 11.5 Å². The molecule has 0 bridgehead atoms. The molecule has 2 saturated heterocycles. The van der Waals surface area contributed by atoms with Crippen LogP contribution in [0.15, 0.2) is 109 Å². The van der Waals surface area contributed by atoms with Gasteiger partial charge in [0.1, 0.15) is 5.82 Å². The molecule has 10 rings (SSSR count). The topological polar surface area (TPSA) is 88.9 Å². The average Bonchev–Trinajstić information content (AvgIpc) is 4.11. The van der Waals surface area contributed by atoms with Crippen molar-refractivity contribution in [1.29, 1.82) is 0 Å². The molecule has 0 unspecified atom stereocenters. The van der Waals surface area contributed by atoms with Gasteiger partial charge < -0.3 is 46.5 Å². The van der Waals surface area contributed by atoms with Crippen LogP contribution in [0.25, 0.3) is 27.6 Å². The van der Waals surface area contributed by atoms with Gasteiger partial charge in [-0.1, -0.05) is 173 Å². The number of hydrogen-bond donors (Lipinski definition) is 0. The van der Waals surface area contributed by atoms with Crippen LogP contribution in [0.3, 0.4) is 0 Å². The van der Waals surface area contributed by atoms with E-state index in [1.807, 2.05) is 30.5 Å². The fourth-order valence-electron chi connectivity index (χ4n) is 9.96. The Morgan fingerprint density at radius 1 is 0.487 bits per heavy atom. The average molecular weight is 1220 g/mol. The minimum atomic E-state index is -0.853. The van der Waals surface area contributed by atoms with Gasteiger partial charge in [-0.25, -0.2) is 4.98 Å². The largest absolute Gasteiger partial charge is 0.509 e. The van der Waals surface area contributed by atoms with E-state index in [1.54, 1.807) is 0 Å². The third-order valence-corrected chi connectivity index (χ3v) is 14.4. The zero-order valence-corrected chi connectivity index (χ0v) is 51.2. The molecule has 406 valence electrons. The first-order valence-corrected chi connectivity index (χ1v) is 27.2. The Kier molecular flexibility index (Phi) is 15.6. The van der Waals surface area contributed by atoms with Crippen molar-refractivity contribution in [1.82, 2.24) is 9.55 Å². The third kappa shape index (κ3) is 11.6. The molecule has 2 fully saturated rings. The number of fused-ring (bicyclic) bond motifs is 4. The van der Waals surface area contributed by atoms with Crippen LogP contribution in [-0.4, -0.2) is 52.3 Å². The molecule has 0 aliphatic carbocycles. The second-order valence-corrected chi connectivity index (χ2v) is 27.5. The summed E-state index contributed by atoms with van der Waals surface area (Å²) in [6, 6.07) is 42.9. The van der Waals surface area contributed by atoms with Gasteiger partial charge in [-0.2, -0.15) is 12.1 Å². The van der Waals surface area contributed by atoms with Crippen LogP contribution in [0.4, 0.5) is 22.7 Å². The maximum atomic E-state index is 7.05. The summed E-state index contributed by atoms with van der Waals surface area (Å²) < 4.78 is 50.5. The molecular formula is C60H73B6N4O7Pt-3. The molecule has 0 N–H and O–H groups in total. The fraction of sp³-hybridized carbons (Fsp3) is 0.400. The number of nitrogens with zero attached hydrogens (tertiary/aromatic N) is 4. The van der Waals surface area contributed by atoms with Crippen LogP contribution in [0.1, 0.15) is 136 Å². The Labute approximate surface area is 481 Å². The molecule has 0 atom stereocenters. The molecule has 5 aromatic carbocycles. The van der Waals surface area contributed by atoms with E-state index in [9.17, 15) is 0 Å². The number of benzene rings is 5. The molecule has 3 aliphatic rings. The predicted molar refractivity (Wildman–Crippen MR) is 321 cm³/mol. The van der Waals surface area contributed by atoms with E-state index in [-0.39, 0.29) is 53.2 Å². The molecule has 0 saturated carbocycles. The van der Waals surface area contributed by atoms with Gasteiger partial charge in [0.2, 0.25) is 0 Å². The van der Waals surface area contributed by atoms with E-state index in [0.717, 1.165) is 66.9 Å². The molecule has 0 spiro atoms. The third-order valence-electron chi connectivity index (χ3n) is 14.4. The normalized spacial score (nSPS) is 16.2. The predicted octanol–water partition coefficient (Wildman–Crippen LogP) is 14.2. The standard InChI is InChI=1S/C60H73B6N4O7.Pt/c1-55(2,3)40-32-33-67-53(36-40)70-49-27-20-19-26-45(49)46-31-30-44(38-52(46)70)71-43-25-23-24-42(37-43)68-39-69(51-29-22-21-28-50(51)68)54-47(61-72-63(57(7,8)9)76-64(73-61)58(10,11)12)34-41(56(4,5)6)35-48(54)62-74-65(59(13,14)15)77-66(75-62)60(16,17)18;/h19-36,39H,1-18H3;/q-3;. The quantitative estimate of drug-likeness (QED) is 0.114. The smallest absolute Gasteiger partial charge is 0.468 e. The maximum Gasteiger partial charge on any atom is 0.468 e. The van der Waals surface area contributed by atoms with E-state index in [4.69, 9.17) is 37.2 Å². The van der Waals surface area contributed by atoms with E-state index in [0.29, 0.717) is 11.5 Å². The second kappa shape index (κ2) is 21.0. The summed E-state index contributed by atoms with van der Waals surface area (Å²) in [5.74, 6) is 1.92. The summed E-state index contributed by atoms with van der Waals surface area (Å²) in [7, 11) is -4.07. The minimum absolute atomic E-state index is 0. The number of aromatic nitrogens is 2. The zero-order valence-electron chi connectivity index (χ0n) is 48.9. The summed E-state index contributed by atoms with van der Waals surface area (Å²) in [6.07, 6.45) is 1.89. The number of rotatable bonds is 7. The number of ether oxygens (including phenoxy) is 1. The first kappa shape index (κ1) is 58.0. The summed E-state index contributed by atoms with van der Waals surface area (Å²) in [5.41, 5.74) is 8.88. The van der Waals surface area contributed by atoms with Crippen LogP contribution < -0.4 is 25.5 Å². The van der Waals surface area contributed by atoms with Crippen LogP contribution in [-0.2, 0) is 59.3 Å². The molecule has 11 nitrogen and oxygen atoms in total. The van der Waals surface area contributed by atoms with Gasteiger partial charge in [-0.05, 0) is 78.9 Å². The molecule has 2 aromatic heterocycles. The van der Waals surface area contributed by atoms with Gasteiger partial charge in [0.05, 0.1) is 0 Å². The number of pyridine rings is 1. The Hall–Kier alpha value is -4.71. The van der Waals surface area contributed by atoms with Crippen molar-refractivity contribution in [3.8, 4) is 17.3 Å². The van der Waals surface area contributed by atoms with Crippen molar-refractivity contribution in [3.63, 3.8) is 0 Å². The molecule has 78 heavy (non-hydrogen) atoms. The van der Waals surface area contributed by atoms with Crippen LogP contribution in [0, 0.1) is 18.8 Å². The Balaban J connectivity index is 0.00000740. The van der Waals surface area contributed by atoms with Crippen molar-refractivity contribution < 1.29 is 53.2 Å². The minimum Gasteiger partial charge on any atom is -0.509 e. The van der Waals surface area contributed by atoms with Gasteiger partial charge >= 0.3 is 42.7 Å². The molecule has 7 aromatic rings. The number of para-hydroxylation sites is 3. The van der Waals surface area contributed by atoms with E-state index < -0.39 is 42.7 Å². The molecule has 0 amide bonds. The summed E-state index contributed by atoms with van der Waals surface area (Å²) >= 11 is 0. The Morgan fingerprint density at radius 3 is 1.51 bits per heavy atom. The maximum absolute atomic E-state index is 7.05. The van der Waals surface area contributed by atoms with Crippen molar-refractivity contribution >= 4 is 98.2 Å². The van der Waals surface area contributed by atoms with Crippen LogP contribution >= 0.6 is 0 Å². The van der Waals surface area contributed by atoms with E-state index >= 15 is 0 Å². The first-order chi connectivity index (χ1) is 35.9. The molecule has 18 heteroatoms. The van der Waals surface area contributed by atoms with Crippen molar-refractivity contribution in [2.24, 2.45) is 0 Å². The van der Waals surface area contributed by atoms with Gasteiger partial charge in [-0.3, -0.25) is 0 Å². The summed E-state index contributed by atoms with van der Waals surface area (Å²) in [4.78, 5) is 9.25. The SMILES string of the molecule is CC(C)(C)B1OB(c2cc(C(C)(C)C)cc(B3OB(C(C)(C)C)OB(C(C)(C)C)O3)c2N2[CH-]N(c3[c-]c(Oc4[c-]c5c(cc4)c4ccccc4n5-c4cc(C(C)(C)C)ccn4)ccc3)c3ccccc32)OB(C(C)(C)C)O1.[Pt]. The Bertz CT molecular complexity index is 3220. The molecule has 3 aliphatic heterocycles. The van der Waals surface area contributed by atoms with E-state index in [2.05, 4.69) is 237 Å². The van der Waals surface area contributed by atoms with Gasteiger partial charge in [-0.15, -0.1) is 48.1 Å². The van der Waals surface area contributed by atoms with E-state index in [1.165, 1.54) is 5.56 Å².